The zero-order chi connectivity index (χ0) is 12.8. The number of nitrogens with one attached hydrogen (secondary N) is 1. The van der Waals surface area contributed by atoms with Crippen molar-refractivity contribution < 1.29 is 9.53 Å². The summed E-state index contributed by atoms with van der Waals surface area (Å²) in [6, 6.07) is 0. The third-order valence-electron chi connectivity index (χ3n) is 3.66. The van der Waals surface area contributed by atoms with Gasteiger partial charge in [0.15, 0.2) is 0 Å². The molecule has 4 nitrogen and oxygen atoms in total. The molecule has 1 fully saturated rings. The minimum absolute atomic E-state index is 0.153. The number of amides is 1. The molecule has 0 aromatic carbocycles. The van der Waals surface area contributed by atoms with Crippen LogP contribution >= 0.6 is 0 Å². The first-order chi connectivity index (χ1) is 8.08. The fraction of sp³-hybridized carbons (Fsp3) is 0.923. The Morgan fingerprint density at radius 2 is 2.18 bits per heavy atom. The molecular weight excluding hydrogens is 216 g/mol. The molecule has 0 heterocycles. The van der Waals surface area contributed by atoms with E-state index < -0.39 is 6.10 Å². The molecule has 0 bridgehead atoms. The van der Waals surface area contributed by atoms with Gasteiger partial charge in [-0.2, -0.15) is 0 Å². The monoisotopic (exact) mass is 242 g/mol. The summed E-state index contributed by atoms with van der Waals surface area (Å²) < 4.78 is 5.95. The van der Waals surface area contributed by atoms with Crippen LogP contribution < -0.4 is 11.3 Å². The van der Waals surface area contributed by atoms with E-state index in [-0.39, 0.29) is 17.9 Å². The number of hydrogen-bond donors (Lipinski definition) is 2. The number of rotatable bonds is 5. The van der Waals surface area contributed by atoms with Crippen LogP contribution in [-0.2, 0) is 9.53 Å². The van der Waals surface area contributed by atoms with Crippen LogP contribution in [0.4, 0.5) is 0 Å². The van der Waals surface area contributed by atoms with Crippen molar-refractivity contribution in [3.63, 3.8) is 0 Å². The van der Waals surface area contributed by atoms with Crippen LogP contribution in [-0.4, -0.2) is 18.1 Å². The molecule has 4 heteroatoms. The van der Waals surface area contributed by atoms with Gasteiger partial charge in [-0.15, -0.1) is 0 Å². The van der Waals surface area contributed by atoms with E-state index in [9.17, 15) is 4.79 Å². The molecule has 0 spiro atoms. The number of hydrogen-bond acceptors (Lipinski definition) is 3. The van der Waals surface area contributed by atoms with Gasteiger partial charge in [-0.05, 0) is 24.7 Å². The quantitative estimate of drug-likeness (QED) is 0.440. The third-order valence-corrected chi connectivity index (χ3v) is 3.66. The Kier molecular flexibility index (Phi) is 5.92. The van der Waals surface area contributed by atoms with E-state index in [1.807, 2.05) is 13.8 Å². The molecule has 1 rings (SSSR count). The molecule has 3 unspecified atom stereocenters. The molecule has 0 radical (unpaired) electrons. The van der Waals surface area contributed by atoms with E-state index >= 15 is 0 Å². The van der Waals surface area contributed by atoms with E-state index in [4.69, 9.17) is 10.6 Å². The molecule has 0 aliphatic heterocycles. The molecule has 1 amide bonds. The summed E-state index contributed by atoms with van der Waals surface area (Å²) >= 11 is 0. The minimum atomic E-state index is -0.416. The lowest BCUT2D eigenvalue weighted by Crippen LogP contribution is -2.45. The van der Waals surface area contributed by atoms with Crippen LogP contribution in [0, 0.1) is 11.8 Å². The van der Waals surface area contributed by atoms with E-state index in [1.165, 1.54) is 19.3 Å². The van der Waals surface area contributed by atoms with Gasteiger partial charge in [0.25, 0.3) is 5.91 Å². The summed E-state index contributed by atoms with van der Waals surface area (Å²) in [5, 5.41) is 0. The molecule has 100 valence electrons. The van der Waals surface area contributed by atoms with Gasteiger partial charge >= 0.3 is 0 Å². The first kappa shape index (κ1) is 14.5. The molecule has 1 aliphatic carbocycles. The molecule has 17 heavy (non-hydrogen) atoms. The van der Waals surface area contributed by atoms with Gasteiger partial charge in [0.2, 0.25) is 0 Å². The van der Waals surface area contributed by atoms with Crippen LogP contribution in [0.1, 0.15) is 52.9 Å². The minimum Gasteiger partial charge on any atom is -0.365 e. The first-order valence-corrected chi connectivity index (χ1v) is 6.74. The molecule has 3 N–H and O–H groups in total. The maximum atomic E-state index is 11.6. The largest absolute Gasteiger partial charge is 0.365 e. The van der Waals surface area contributed by atoms with E-state index in [2.05, 4.69) is 12.3 Å². The highest BCUT2D eigenvalue weighted by Crippen LogP contribution is 2.29. The van der Waals surface area contributed by atoms with Crippen molar-refractivity contribution in [2.24, 2.45) is 17.7 Å². The molecule has 1 aliphatic rings. The second-order valence-corrected chi connectivity index (χ2v) is 5.37. The van der Waals surface area contributed by atoms with Crippen LogP contribution in [0.15, 0.2) is 0 Å². The van der Waals surface area contributed by atoms with Gasteiger partial charge < -0.3 is 4.74 Å². The molecule has 1 saturated carbocycles. The maximum Gasteiger partial charge on any atom is 0.263 e. The van der Waals surface area contributed by atoms with Crippen molar-refractivity contribution in [2.45, 2.75) is 65.1 Å². The van der Waals surface area contributed by atoms with Gasteiger partial charge in [-0.1, -0.05) is 40.0 Å². The molecule has 0 aromatic rings. The zero-order valence-electron chi connectivity index (χ0n) is 11.2. The summed E-state index contributed by atoms with van der Waals surface area (Å²) in [7, 11) is 0. The Bertz CT molecular complexity index is 244. The average Bonchev–Trinajstić information content (AvgIpc) is 2.35. The summed E-state index contributed by atoms with van der Waals surface area (Å²) in [5.74, 6) is 5.89. The Hall–Kier alpha value is -0.610. The van der Waals surface area contributed by atoms with Crippen LogP contribution in [0.2, 0.25) is 0 Å². The number of hydrazine groups is 1. The highest BCUT2D eigenvalue weighted by Gasteiger charge is 2.29. The Labute approximate surface area is 104 Å². The normalized spacial score (nSPS) is 26.9. The Balaban J connectivity index is 2.51. The lowest BCUT2D eigenvalue weighted by molar-refractivity contribution is -0.143. The van der Waals surface area contributed by atoms with Gasteiger partial charge in [0.05, 0.1) is 6.10 Å². The SMILES string of the molecule is CCC1CCCC(OC(C(=O)NN)C(C)C)C1. The zero-order valence-corrected chi connectivity index (χ0v) is 11.2. The van der Waals surface area contributed by atoms with E-state index in [0.717, 1.165) is 18.8 Å². The number of carbonyl (C=O) groups excluding carboxylic acids is 1. The lowest BCUT2D eigenvalue weighted by Gasteiger charge is -2.32. The van der Waals surface area contributed by atoms with Crippen molar-refractivity contribution in [1.29, 1.82) is 0 Å². The molecular formula is C13H26N2O2. The first-order valence-electron chi connectivity index (χ1n) is 6.74. The van der Waals surface area contributed by atoms with Gasteiger partial charge in [-0.3, -0.25) is 10.2 Å². The van der Waals surface area contributed by atoms with Crippen LogP contribution in [0.3, 0.4) is 0 Å². The third kappa shape index (κ3) is 4.28. The number of ether oxygens (including phenoxy) is 1. The lowest BCUT2D eigenvalue weighted by atomic mass is 9.85. The van der Waals surface area contributed by atoms with Crippen molar-refractivity contribution in [3.05, 3.63) is 0 Å². The Morgan fingerprint density at radius 1 is 1.47 bits per heavy atom. The highest BCUT2D eigenvalue weighted by molar-refractivity contribution is 5.80. The van der Waals surface area contributed by atoms with E-state index in [1.54, 1.807) is 0 Å². The fourth-order valence-electron chi connectivity index (χ4n) is 2.55. The van der Waals surface area contributed by atoms with Gasteiger partial charge in [0.1, 0.15) is 6.10 Å². The van der Waals surface area contributed by atoms with Gasteiger partial charge in [-0.25, -0.2) is 5.84 Å². The fourth-order valence-corrected chi connectivity index (χ4v) is 2.55. The van der Waals surface area contributed by atoms with Crippen molar-refractivity contribution in [3.8, 4) is 0 Å². The predicted molar refractivity (Wildman–Crippen MR) is 68.1 cm³/mol. The van der Waals surface area contributed by atoms with Crippen LogP contribution in [0.25, 0.3) is 0 Å². The topological polar surface area (TPSA) is 64.3 Å². The Morgan fingerprint density at radius 3 is 2.71 bits per heavy atom. The molecule has 0 aromatic heterocycles. The highest BCUT2D eigenvalue weighted by atomic mass is 16.5. The summed E-state index contributed by atoms with van der Waals surface area (Å²) in [6.07, 6.45) is 5.66. The van der Waals surface area contributed by atoms with Crippen molar-refractivity contribution >= 4 is 5.91 Å². The van der Waals surface area contributed by atoms with Crippen molar-refractivity contribution in [1.82, 2.24) is 5.43 Å². The summed E-state index contributed by atoms with van der Waals surface area (Å²) in [4.78, 5) is 11.6. The second-order valence-electron chi connectivity index (χ2n) is 5.37. The van der Waals surface area contributed by atoms with Gasteiger partial charge in [0, 0.05) is 0 Å². The van der Waals surface area contributed by atoms with E-state index in [0.29, 0.717) is 0 Å². The molecule has 0 saturated heterocycles. The smallest absolute Gasteiger partial charge is 0.263 e. The summed E-state index contributed by atoms with van der Waals surface area (Å²) in [5.41, 5.74) is 2.20. The predicted octanol–water partition coefficient (Wildman–Crippen LogP) is 1.99. The summed E-state index contributed by atoms with van der Waals surface area (Å²) in [6.45, 7) is 6.19. The molecule has 3 atom stereocenters. The maximum absolute atomic E-state index is 11.6. The van der Waals surface area contributed by atoms with Crippen LogP contribution in [0.5, 0.6) is 0 Å². The number of nitrogens with two attached hydrogens (primary N) is 1. The van der Waals surface area contributed by atoms with Crippen molar-refractivity contribution in [2.75, 3.05) is 0 Å². The average molecular weight is 242 g/mol. The second kappa shape index (κ2) is 6.97. The number of carbonyl (C=O) groups is 1. The standard InChI is InChI=1S/C13H26N2O2/c1-4-10-6-5-7-11(8-10)17-12(9(2)3)13(16)15-14/h9-12H,4-8,14H2,1-3H3,(H,15,16).